The SMILES string of the molecule is CNc1ncc([N+](=O)[O-])cc1C(=O)NCCN1CCCC1. The third kappa shape index (κ3) is 3.88. The fraction of sp³-hybridized carbons (Fsp3) is 0.538. The molecule has 2 rings (SSSR count). The molecule has 1 amide bonds. The van der Waals surface area contributed by atoms with Crippen LogP contribution in [0.1, 0.15) is 23.2 Å². The summed E-state index contributed by atoms with van der Waals surface area (Å²) in [5.41, 5.74) is -0.00758. The minimum atomic E-state index is -0.562. The van der Waals surface area contributed by atoms with Gasteiger partial charge in [0.2, 0.25) is 0 Å². The van der Waals surface area contributed by atoms with Gasteiger partial charge < -0.3 is 15.5 Å². The number of rotatable bonds is 6. The Labute approximate surface area is 122 Å². The topological polar surface area (TPSA) is 100 Å². The molecule has 2 heterocycles. The Morgan fingerprint density at radius 3 is 2.81 bits per heavy atom. The monoisotopic (exact) mass is 293 g/mol. The van der Waals surface area contributed by atoms with E-state index in [-0.39, 0.29) is 17.2 Å². The smallest absolute Gasteiger partial charge is 0.288 e. The largest absolute Gasteiger partial charge is 0.372 e. The van der Waals surface area contributed by atoms with Crippen LogP contribution in [0.15, 0.2) is 12.3 Å². The Hall–Kier alpha value is -2.22. The highest BCUT2D eigenvalue weighted by molar-refractivity contribution is 5.99. The molecule has 0 aromatic carbocycles. The number of aromatic nitrogens is 1. The Morgan fingerprint density at radius 1 is 1.48 bits per heavy atom. The quantitative estimate of drug-likeness (QED) is 0.596. The van der Waals surface area contributed by atoms with Crippen LogP contribution in [-0.2, 0) is 0 Å². The maximum atomic E-state index is 12.1. The summed E-state index contributed by atoms with van der Waals surface area (Å²) in [7, 11) is 1.62. The molecule has 1 aliphatic rings. The summed E-state index contributed by atoms with van der Waals surface area (Å²) in [6.45, 7) is 3.44. The number of amides is 1. The van der Waals surface area contributed by atoms with Gasteiger partial charge in [-0.05, 0) is 25.9 Å². The van der Waals surface area contributed by atoms with Crippen molar-refractivity contribution in [2.45, 2.75) is 12.8 Å². The number of carbonyl (C=O) groups is 1. The fourth-order valence-electron chi connectivity index (χ4n) is 2.35. The van der Waals surface area contributed by atoms with Gasteiger partial charge in [-0.3, -0.25) is 14.9 Å². The average Bonchev–Trinajstić information content (AvgIpc) is 2.99. The second kappa shape index (κ2) is 6.98. The standard InChI is InChI=1S/C13H19N5O3/c1-14-12-11(8-10(9-16-12)18(20)21)13(19)15-4-7-17-5-2-3-6-17/h8-9H,2-7H2,1H3,(H,14,16)(H,15,19). The molecule has 0 saturated carbocycles. The number of hydrogen-bond donors (Lipinski definition) is 2. The zero-order chi connectivity index (χ0) is 15.2. The summed E-state index contributed by atoms with van der Waals surface area (Å²) in [6, 6.07) is 1.24. The van der Waals surface area contributed by atoms with Gasteiger partial charge in [-0.1, -0.05) is 0 Å². The Kier molecular flexibility index (Phi) is 5.04. The molecular weight excluding hydrogens is 274 g/mol. The van der Waals surface area contributed by atoms with Crippen LogP contribution in [-0.4, -0.2) is 53.9 Å². The van der Waals surface area contributed by atoms with Gasteiger partial charge in [0, 0.05) is 26.2 Å². The van der Waals surface area contributed by atoms with Gasteiger partial charge in [-0.15, -0.1) is 0 Å². The van der Waals surface area contributed by atoms with Crippen molar-refractivity contribution in [2.24, 2.45) is 0 Å². The number of nitro groups is 1. The van der Waals surface area contributed by atoms with E-state index in [1.54, 1.807) is 7.05 Å². The summed E-state index contributed by atoms with van der Waals surface area (Å²) in [4.78, 5) is 28.5. The molecule has 8 nitrogen and oxygen atoms in total. The molecule has 0 bridgehead atoms. The molecular formula is C13H19N5O3. The van der Waals surface area contributed by atoms with E-state index in [0.717, 1.165) is 25.8 Å². The summed E-state index contributed by atoms with van der Waals surface area (Å²) < 4.78 is 0. The van der Waals surface area contributed by atoms with Gasteiger partial charge in [0.05, 0.1) is 10.5 Å². The van der Waals surface area contributed by atoms with Gasteiger partial charge in [-0.2, -0.15) is 0 Å². The molecule has 0 radical (unpaired) electrons. The molecule has 0 aliphatic carbocycles. The zero-order valence-corrected chi connectivity index (χ0v) is 12.0. The van der Waals surface area contributed by atoms with Gasteiger partial charge in [0.15, 0.2) is 0 Å². The molecule has 21 heavy (non-hydrogen) atoms. The van der Waals surface area contributed by atoms with E-state index < -0.39 is 4.92 Å². The van der Waals surface area contributed by atoms with E-state index in [9.17, 15) is 14.9 Å². The van der Waals surface area contributed by atoms with Crippen molar-refractivity contribution in [2.75, 3.05) is 38.5 Å². The summed E-state index contributed by atoms with van der Waals surface area (Å²) in [5.74, 6) is -0.0194. The number of likely N-dealkylation sites (tertiary alicyclic amines) is 1. The minimum absolute atomic E-state index is 0.188. The Morgan fingerprint density at radius 2 is 2.19 bits per heavy atom. The molecule has 1 aliphatic heterocycles. The first-order valence-corrected chi connectivity index (χ1v) is 6.94. The maximum Gasteiger partial charge on any atom is 0.288 e. The van der Waals surface area contributed by atoms with Gasteiger partial charge in [0.1, 0.15) is 12.0 Å². The lowest BCUT2D eigenvalue weighted by Gasteiger charge is -2.15. The van der Waals surface area contributed by atoms with Crippen molar-refractivity contribution in [1.82, 2.24) is 15.2 Å². The highest BCUT2D eigenvalue weighted by Gasteiger charge is 2.18. The van der Waals surface area contributed by atoms with Crippen LogP contribution in [0.3, 0.4) is 0 Å². The fourth-order valence-corrected chi connectivity index (χ4v) is 2.35. The summed E-state index contributed by atoms with van der Waals surface area (Å²) in [5, 5.41) is 16.3. The third-order valence-corrected chi connectivity index (χ3v) is 3.48. The second-order valence-electron chi connectivity index (χ2n) is 4.90. The second-order valence-corrected chi connectivity index (χ2v) is 4.90. The first-order chi connectivity index (χ1) is 10.1. The first-order valence-electron chi connectivity index (χ1n) is 6.94. The molecule has 0 unspecified atom stereocenters. The number of nitrogens with zero attached hydrogens (tertiary/aromatic N) is 3. The predicted octanol–water partition coefficient (Wildman–Crippen LogP) is 0.857. The lowest BCUT2D eigenvalue weighted by molar-refractivity contribution is -0.385. The van der Waals surface area contributed by atoms with Crippen molar-refractivity contribution in [3.63, 3.8) is 0 Å². The van der Waals surface area contributed by atoms with E-state index in [1.165, 1.54) is 18.9 Å². The molecule has 8 heteroatoms. The van der Waals surface area contributed by atoms with Crippen molar-refractivity contribution in [3.8, 4) is 0 Å². The molecule has 1 saturated heterocycles. The minimum Gasteiger partial charge on any atom is -0.372 e. The van der Waals surface area contributed by atoms with E-state index in [0.29, 0.717) is 12.4 Å². The van der Waals surface area contributed by atoms with Crippen molar-refractivity contribution >= 4 is 17.4 Å². The molecule has 1 aromatic rings. The zero-order valence-electron chi connectivity index (χ0n) is 12.0. The van der Waals surface area contributed by atoms with E-state index >= 15 is 0 Å². The number of pyridine rings is 1. The first kappa shape index (κ1) is 15.2. The Balaban J connectivity index is 1.99. The van der Waals surface area contributed by atoms with Gasteiger partial charge in [0.25, 0.3) is 11.6 Å². The van der Waals surface area contributed by atoms with Crippen LogP contribution in [0.4, 0.5) is 11.5 Å². The lowest BCUT2D eigenvalue weighted by Crippen LogP contribution is -2.33. The van der Waals surface area contributed by atoms with Crippen LogP contribution in [0.5, 0.6) is 0 Å². The van der Waals surface area contributed by atoms with Gasteiger partial charge in [-0.25, -0.2) is 4.98 Å². The molecule has 0 spiro atoms. The summed E-state index contributed by atoms with van der Waals surface area (Å²) in [6.07, 6.45) is 3.53. The van der Waals surface area contributed by atoms with Crippen molar-refractivity contribution in [1.29, 1.82) is 0 Å². The van der Waals surface area contributed by atoms with Crippen LogP contribution in [0.25, 0.3) is 0 Å². The normalized spacial score (nSPS) is 14.9. The average molecular weight is 293 g/mol. The van der Waals surface area contributed by atoms with Crippen LogP contribution < -0.4 is 10.6 Å². The number of nitrogens with one attached hydrogen (secondary N) is 2. The molecule has 0 atom stereocenters. The molecule has 1 fully saturated rings. The number of anilines is 1. The van der Waals surface area contributed by atoms with Crippen LogP contribution >= 0.6 is 0 Å². The molecule has 1 aromatic heterocycles. The van der Waals surface area contributed by atoms with E-state index in [1.807, 2.05) is 0 Å². The van der Waals surface area contributed by atoms with E-state index in [2.05, 4.69) is 20.5 Å². The molecule has 114 valence electrons. The third-order valence-electron chi connectivity index (χ3n) is 3.48. The number of carbonyl (C=O) groups excluding carboxylic acids is 1. The highest BCUT2D eigenvalue weighted by Crippen LogP contribution is 2.18. The molecule has 2 N–H and O–H groups in total. The van der Waals surface area contributed by atoms with Gasteiger partial charge >= 0.3 is 0 Å². The lowest BCUT2D eigenvalue weighted by atomic mass is 10.2. The maximum absolute atomic E-state index is 12.1. The highest BCUT2D eigenvalue weighted by atomic mass is 16.6. The number of hydrogen-bond acceptors (Lipinski definition) is 6. The van der Waals surface area contributed by atoms with Crippen molar-refractivity contribution < 1.29 is 9.72 Å². The van der Waals surface area contributed by atoms with Crippen LogP contribution in [0, 0.1) is 10.1 Å². The van der Waals surface area contributed by atoms with Crippen molar-refractivity contribution in [3.05, 3.63) is 27.9 Å². The van der Waals surface area contributed by atoms with E-state index in [4.69, 9.17) is 0 Å². The summed E-state index contributed by atoms with van der Waals surface area (Å²) >= 11 is 0. The Bertz CT molecular complexity index is 529. The predicted molar refractivity (Wildman–Crippen MR) is 78.4 cm³/mol. The van der Waals surface area contributed by atoms with Crippen LogP contribution in [0.2, 0.25) is 0 Å².